The molecule has 1 unspecified atom stereocenters. The van der Waals surface area contributed by atoms with Crippen molar-refractivity contribution >= 4 is 23.7 Å². The molecule has 3 amide bonds. The molecule has 0 spiro atoms. The molecule has 1 atom stereocenters. The zero-order valence-electron chi connectivity index (χ0n) is 12.9. The van der Waals surface area contributed by atoms with Gasteiger partial charge in [0.2, 0.25) is 5.91 Å². The van der Waals surface area contributed by atoms with Crippen molar-refractivity contribution in [3.8, 4) is 0 Å². The maximum atomic E-state index is 12.4. The van der Waals surface area contributed by atoms with Gasteiger partial charge in [0.05, 0.1) is 17.0 Å². The number of amides is 3. The molecule has 124 valence electrons. The first-order chi connectivity index (χ1) is 11.6. The Labute approximate surface area is 138 Å². The maximum absolute atomic E-state index is 12.4. The fourth-order valence-corrected chi connectivity index (χ4v) is 3.22. The standard InChI is InChI=1S/C17H16N2O5/c20-14-8-5-10(9-18(14)11-6-7-11)17(23)24-19-15(21)12-3-1-2-4-13(12)16(19)22/h1-4,10-11H,5-9H2. The van der Waals surface area contributed by atoms with Crippen molar-refractivity contribution < 1.29 is 24.0 Å². The van der Waals surface area contributed by atoms with Crippen LogP contribution in [0.1, 0.15) is 46.4 Å². The van der Waals surface area contributed by atoms with Gasteiger partial charge < -0.3 is 9.74 Å². The number of hydrogen-bond donors (Lipinski definition) is 0. The van der Waals surface area contributed by atoms with E-state index in [1.165, 1.54) is 12.1 Å². The molecule has 7 heteroatoms. The van der Waals surface area contributed by atoms with E-state index in [0.29, 0.717) is 24.4 Å². The van der Waals surface area contributed by atoms with Gasteiger partial charge in [-0.1, -0.05) is 17.2 Å². The van der Waals surface area contributed by atoms with Crippen molar-refractivity contribution in [3.63, 3.8) is 0 Å². The topological polar surface area (TPSA) is 84.0 Å². The summed E-state index contributed by atoms with van der Waals surface area (Å²) >= 11 is 0. The molecule has 4 rings (SSSR count). The zero-order chi connectivity index (χ0) is 16.8. The van der Waals surface area contributed by atoms with E-state index in [-0.39, 0.29) is 23.1 Å². The van der Waals surface area contributed by atoms with Gasteiger partial charge in [0.1, 0.15) is 0 Å². The van der Waals surface area contributed by atoms with Crippen molar-refractivity contribution in [2.45, 2.75) is 31.7 Å². The van der Waals surface area contributed by atoms with Crippen LogP contribution in [0.3, 0.4) is 0 Å². The van der Waals surface area contributed by atoms with Crippen LogP contribution < -0.4 is 0 Å². The minimum absolute atomic E-state index is 0.0577. The summed E-state index contributed by atoms with van der Waals surface area (Å²) < 4.78 is 0. The number of hydroxylamine groups is 2. The Morgan fingerprint density at radius 3 is 2.21 bits per heavy atom. The zero-order valence-corrected chi connectivity index (χ0v) is 12.9. The Hall–Kier alpha value is -2.70. The third-order valence-corrected chi connectivity index (χ3v) is 4.70. The van der Waals surface area contributed by atoms with Crippen LogP contribution in [-0.2, 0) is 14.4 Å². The van der Waals surface area contributed by atoms with Gasteiger partial charge in [-0.3, -0.25) is 14.4 Å². The van der Waals surface area contributed by atoms with Gasteiger partial charge in [-0.15, -0.1) is 0 Å². The SMILES string of the molecule is O=C(ON1C(=O)c2ccccc2C1=O)C1CCC(=O)N(C2CC2)C1. The predicted molar refractivity (Wildman–Crippen MR) is 80.5 cm³/mol. The minimum atomic E-state index is -0.636. The van der Waals surface area contributed by atoms with Crippen molar-refractivity contribution in [3.05, 3.63) is 35.4 Å². The van der Waals surface area contributed by atoms with Gasteiger partial charge in [0.25, 0.3) is 11.8 Å². The minimum Gasteiger partial charge on any atom is -0.339 e. The number of benzene rings is 1. The summed E-state index contributed by atoms with van der Waals surface area (Å²) in [5, 5.41) is 0.533. The number of fused-ring (bicyclic) bond motifs is 1. The third-order valence-electron chi connectivity index (χ3n) is 4.70. The predicted octanol–water partition coefficient (Wildman–Crippen LogP) is 1.14. The molecule has 1 aliphatic carbocycles. The smallest absolute Gasteiger partial charge is 0.338 e. The van der Waals surface area contributed by atoms with Crippen LogP contribution in [-0.4, -0.2) is 46.2 Å². The second-order valence-electron chi connectivity index (χ2n) is 6.37. The molecule has 0 radical (unpaired) electrons. The molecule has 7 nitrogen and oxygen atoms in total. The monoisotopic (exact) mass is 328 g/mol. The van der Waals surface area contributed by atoms with E-state index in [0.717, 1.165) is 12.8 Å². The lowest BCUT2D eigenvalue weighted by Crippen LogP contribution is -2.45. The lowest BCUT2D eigenvalue weighted by Gasteiger charge is -2.31. The number of likely N-dealkylation sites (tertiary alicyclic amines) is 1. The third kappa shape index (κ3) is 2.36. The van der Waals surface area contributed by atoms with Crippen LogP contribution >= 0.6 is 0 Å². The van der Waals surface area contributed by atoms with E-state index in [9.17, 15) is 19.2 Å². The molecule has 1 aromatic carbocycles. The molecule has 2 aliphatic heterocycles. The van der Waals surface area contributed by atoms with Crippen molar-refractivity contribution in [2.75, 3.05) is 6.54 Å². The first-order valence-corrected chi connectivity index (χ1v) is 8.05. The average Bonchev–Trinajstić information content (AvgIpc) is 3.40. The van der Waals surface area contributed by atoms with Crippen LogP contribution in [0.25, 0.3) is 0 Å². The van der Waals surface area contributed by atoms with E-state index >= 15 is 0 Å². The summed E-state index contributed by atoms with van der Waals surface area (Å²) in [6, 6.07) is 6.58. The van der Waals surface area contributed by atoms with Gasteiger partial charge in [-0.25, -0.2) is 4.79 Å². The number of carbonyl (C=O) groups is 4. The van der Waals surface area contributed by atoms with Crippen molar-refractivity contribution in [2.24, 2.45) is 5.92 Å². The fraction of sp³-hybridized carbons (Fsp3) is 0.412. The highest BCUT2D eigenvalue weighted by molar-refractivity contribution is 6.20. The number of imide groups is 1. The Morgan fingerprint density at radius 1 is 1.00 bits per heavy atom. The first kappa shape index (κ1) is 14.9. The highest BCUT2D eigenvalue weighted by Crippen LogP contribution is 2.32. The average molecular weight is 328 g/mol. The summed E-state index contributed by atoms with van der Waals surface area (Å²) in [4.78, 5) is 55.5. The van der Waals surface area contributed by atoms with Crippen LogP contribution in [0.2, 0.25) is 0 Å². The molecule has 24 heavy (non-hydrogen) atoms. The molecule has 0 aromatic heterocycles. The van der Waals surface area contributed by atoms with Crippen LogP contribution in [0.4, 0.5) is 0 Å². The van der Waals surface area contributed by atoms with Gasteiger partial charge >= 0.3 is 5.97 Å². The fourth-order valence-electron chi connectivity index (χ4n) is 3.22. The summed E-state index contributed by atoms with van der Waals surface area (Å²) in [6.07, 6.45) is 2.60. The van der Waals surface area contributed by atoms with Crippen molar-refractivity contribution in [1.82, 2.24) is 9.96 Å². The Balaban J connectivity index is 1.46. The Bertz CT molecular complexity index is 720. The van der Waals surface area contributed by atoms with Crippen LogP contribution in [0, 0.1) is 5.92 Å². The second-order valence-corrected chi connectivity index (χ2v) is 6.37. The molecule has 1 saturated carbocycles. The summed E-state index contributed by atoms with van der Waals surface area (Å²) in [7, 11) is 0. The molecule has 1 aromatic rings. The summed E-state index contributed by atoms with van der Waals surface area (Å²) in [5.41, 5.74) is 0.461. The van der Waals surface area contributed by atoms with Gasteiger partial charge in [-0.05, 0) is 31.4 Å². The van der Waals surface area contributed by atoms with Crippen molar-refractivity contribution in [1.29, 1.82) is 0 Å². The Kier molecular flexibility index (Phi) is 3.37. The second kappa shape index (κ2) is 5.43. The van der Waals surface area contributed by atoms with Gasteiger partial charge in [0.15, 0.2) is 0 Å². The molecule has 1 saturated heterocycles. The summed E-state index contributed by atoms with van der Waals surface area (Å²) in [5.74, 6) is -2.35. The first-order valence-electron chi connectivity index (χ1n) is 8.05. The number of piperidine rings is 1. The van der Waals surface area contributed by atoms with E-state index in [1.807, 2.05) is 0 Å². The number of carbonyl (C=O) groups excluding carboxylic acids is 4. The number of hydrogen-bond acceptors (Lipinski definition) is 5. The molecule has 2 fully saturated rings. The largest absolute Gasteiger partial charge is 0.339 e. The molecule has 0 bridgehead atoms. The Morgan fingerprint density at radius 2 is 1.62 bits per heavy atom. The number of nitrogens with zero attached hydrogens (tertiary/aromatic N) is 2. The van der Waals surface area contributed by atoms with Crippen LogP contribution in [0.15, 0.2) is 24.3 Å². The molecule has 3 aliphatic rings. The molecule has 2 heterocycles. The highest BCUT2D eigenvalue weighted by atomic mass is 16.7. The molecule has 0 N–H and O–H groups in total. The molecular formula is C17H16N2O5. The molecular weight excluding hydrogens is 312 g/mol. The van der Waals surface area contributed by atoms with Gasteiger partial charge in [0, 0.05) is 19.0 Å². The number of rotatable bonds is 3. The lowest BCUT2D eigenvalue weighted by molar-refractivity contribution is -0.176. The van der Waals surface area contributed by atoms with Gasteiger partial charge in [-0.2, -0.15) is 0 Å². The normalized spacial score (nSPS) is 23.5. The van der Waals surface area contributed by atoms with E-state index in [2.05, 4.69) is 0 Å². The summed E-state index contributed by atoms with van der Waals surface area (Å²) in [6.45, 7) is 0.297. The van der Waals surface area contributed by atoms with E-state index in [4.69, 9.17) is 4.84 Å². The van der Waals surface area contributed by atoms with E-state index < -0.39 is 23.7 Å². The lowest BCUT2D eigenvalue weighted by atomic mass is 9.97. The van der Waals surface area contributed by atoms with Crippen LogP contribution in [0.5, 0.6) is 0 Å². The maximum Gasteiger partial charge on any atom is 0.338 e. The quantitative estimate of drug-likeness (QED) is 0.777. The van der Waals surface area contributed by atoms with E-state index in [1.54, 1.807) is 17.0 Å². The highest BCUT2D eigenvalue weighted by Gasteiger charge is 2.43.